The average Bonchev–Trinajstić information content (AvgIpc) is 1.63. The molecule has 0 rings (SSSR count). The Hall–Kier alpha value is -0.530. The van der Waals surface area contributed by atoms with E-state index >= 15 is 0 Å². The molecule has 0 spiro atoms. The van der Waals surface area contributed by atoms with Crippen molar-refractivity contribution in [3.8, 4) is 0 Å². The monoisotopic (exact) mass is 117 g/mol. The standard InChI is InChI=1S/C6H12O2/c1-3-5(2)4-6(7)8/h5H,3-4H2,1-2H3,(H,7,8)/t5-/m0/s1/i3D/t3?,5-. The summed E-state index contributed by atoms with van der Waals surface area (Å²) in [5.41, 5.74) is 0. The molecule has 0 amide bonds. The smallest absolute Gasteiger partial charge is 0.303 e. The van der Waals surface area contributed by atoms with Crippen molar-refractivity contribution >= 4 is 5.97 Å². The maximum Gasteiger partial charge on any atom is 0.303 e. The lowest BCUT2D eigenvalue weighted by atomic mass is 10.1. The number of hydrogen-bond donors (Lipinski definition) is 1. The predicted molar refractivity (Wildman–Crippen MR) is 31.7 cm³/mol. The van der Waals surface area contributed by atoms with Gasteiger partial charge < -0.3 is 5.11 Å². The Bertz CT molecular complexity index is 101. The first-order valence-corrected chi connectivity index (χ1v) is 2.68. The molecule has 0 aromatic rings. The highest BCUT2D eigenvalue weighted by Crippen LogP contribution is 2.04. The molecule has 48 valence electrons. The summed E-state index contributed by atoms with van der Waals surface area (Å²) in [7, 11) is 0. The Morgan fingerprint density at radius 3 is 2.62 bits per heavy atom. The summed E-state index contributed by atoms with van der Waals surface area (Å²) in [4.78, 5) is 10.0. The third-order valence-electron chi connectivity index (χ3n) is 1.07. The minimum Gasteiger partial charge on any atom is -0.481 e. The van der Waals surface area contributed by atoms with Gasteiger partial charge in [-0.2, -0.15) is 0 Å². The molecule has 0 bridgehead atoms. The van der Waals surface area contributed by atoms with Crippen LogP contribution < -0.4 is 0 Å². The van der Waals surface area contributed by atoms with Crippen LogP contribution in [0, 0.1) is 5.92 Å². The zero-order valence-electron chi connectivity index (χ0n) is 6.22. The predicted octanol–water partition coefficient (Wildman–Crippen LogP) is 1.51. The molecule has 2 nitrogen and oxygen atoms in total. The van der Waals surface area contributed by atoms with Gasteiger partial charge in [-0.25, -0.2) is 0 Å². The number of carboxylic acid groups (broad SMARTS) is 1. The van der Waals surface area contributed by atoms with E-state index in [1.165, 1.54) is 0 Å². The molecule has 1 N–H and O–H groups in total. The van der Waals surface area contributed by atoms with E-state index in [4.69, 9.17) is 6.48 Å². The molecule has 2 atom stereocenters. The van der Waals surface area contributed by atoms with Gasteiger partial charge in [-0.15, -0.1) is 0 Å². The van der Waals surface area contributed by atoms with E-state index in [9.17, 15) is 4.79 Å². The summed E-state index contributed by atoms with van der Waals surface area (Å²) in [6.07, 6.45) is -0.175. The minimum absolute atomic E-state index is 0.0394. The Kier molecular flexibility index (Phi) is 2.43. The first kappa shape index (κ1) is 5.60. The van der Waals surface area contributed by atoms with E-state index in [0.29, 0.717) is 0 Å². The zero-order chi connectivity index (χ0) is 7.44. The normalized spacial score (nSPS) is 19.0. The molecule has 2 heteroatoms. The van der Waals surface area contributed by atoms with E-state index in [-0.39, 0.29) is 18.7 Å². The second kappa shape index (κ2) is 3.47. The first-order valence-electron chi connectivity index (χ1n) is 3.25. The van der Waals surface area contributed by atoms with Crippen LogP contribution in [0.4, 0.5) is 0 Å². The second-order valence-corrected chi connectivity index (χ2v) is 1.91. The largest absolute Gasteiger partial charge is 0.481 e. The van der Waals surface area contributed by atoms with Gasteiger partial charge in [0.05, 0.1) is 0 Å². The Labute approximate surface area is 50.9 Å². The number of carbonyl (C=O) groups is 1. The topological polar surface area (TPSA) is 37.3 Å². The highest BCUT2D eigenvalue weighted by Gasteiger charge is 2.02. The maximum absolute atomic E-state index is 10.0. The molecule has 0 aromatic carbocycles. The lowest BCUT2D eigenvalue weighted by Gasteiger charge is -2.00. The highest BCUT2D eigenvalue weighted by atomic mass is 16.4. The van der Waals surface area contributed by atoms with E-state index < -0.39 is 5.97 Å². The molecule has 0 fully saturated rings. The molecule has 0 aromatic heterocycles. The highest BCUT2D eigenvalue weighted by molar-refractivity contribution is 5.66. The van der Waals surface area contributed by atoms with Gasteiger partial charge >= 0.3 is 5.97 Å². The molecule has 0 radical (unpaired) electrons. The first-order chi connectivity index (χ1) is 4.04. The molecule has 0 aliphatic rings. The molecule has 8 heavy (non-hydrogen) atoms. The lowest BCUT2D eigenvalue weighted by molar-refractivity contribution is -0.137. The van der Waals surface area contributed by atoms with Gasteiger partial charge in [0, 0.05) is 7.79 Å². The van der Waals surface area contributed by atoms with Gasteiger partial charge in [0.1, 0.15) is 0 Å². The molecule has 0 heterocycles. The summed E-state index contributed by atoms with van der Waals surface area (Å²) >= 11 is 0. The van der Waals surface area contributed by atoms with Crippen LogP contribution in [0.2, 0.25) is 0 Å². The van der Waals surface area contributed by atoms with Crippen molar-refractivity contribution < 1.29 is 11.3 Å². The van der Waals surface area contributed by atoms with Gasteiger partial charge in [0.15, 0.2) is 0 Å². The third-order valence-corrected chi connectivity index (χ3v) is 1.07. The summed E-state index contributed by atoms with van der Waals surface area (Å²) < 4.78 is 7.11. The van der Waals surface area contributed by atoms with Crippen molar-refractivity contribution in [2.45, 2.75) is 26.7 Å². The average molecular weight is 117 g/mol. The summed E-state index contributed by atoms with van der Waals surface area (Å²) in [5.74, 6) is -0.857. The summed E-state index contributed by atoms with van der Waals surface area (Å²) in [5, 5.41) is 8.25. The zero-order valence-corrected chi connectivity index (χ0v) is 5.22. The SMILES string of the molecule is [2H]C(C)[C@H](C)CC(=O)O. The van der Waals surface area contributed by atoms with Crippen molar-refractivity contribution in [3.63, 3.8) is 0 Å². The van der Waals surface area contributed by atoms with Crippen LogP contribution >= 0.6 is 0 Å². The van der Waals surface area contributed by atoms with Crippen molar-refractivity contribution in [1.82, 2.24) is 0 Å². The molecular weight excluding hydrogens is 104 g/mol. The van der Waals surface area contributed by atoms with Crippen LogP contribution in [0.25, 0.3) is 0 Å². The fourth-order valence-corrected chi connectivity index (χ4v) is 0.393. The number of aliphatic carboxylic acids is 1. The Morgan fingerprint density at radius 1 is 2.00 bits per heavy atom. The van der Waals surface area contributed by atoms with Crippen molar-refractivity contribution in [2.24, 2.45) is 5.92 Å². The second-order valence-electron chi connectivity index (χ2n) is 1.91. The van der Waals surface area contributed by atoms with E-state index in [0.717, 1.165) is 0 Å². The van der Waals surface area contributed by atoms with E-state index in [2.05, 4.69) is 0 Å². The van der Waals surface area contributed by atoms with Crippen LogP contribution in [-0.4, -0.2) is 11.1 Å². The van der Waals surface area contributed by atoms with Crippen LogP contribution in [-0.2, 0) is 4.79 Å². The van der Waals surface area contributed by atoms with Crippen LogP contribution in [0.5, 0.6) is 0 Å². The van der Waals surface area contributed by atoms with Crippen LogP contribution in [0.15, 0.2) is 0 Å². The minimum atomic E-state index is -0.818. The molecular formula is C6H12O2. The van der Waals surface area contributed by atoms with Gasteiger partial charge in [-0.1, -0.05) is 20.2 Å². The van der Waals surface area contributed by atoms with Gasteiger partial charge in [-0.05, 0) is 5.92 Å². The maximum atomic E-state index is 10.0. The quantitative estimate of drug-likeness (QED) is 0.608. The fourth-order valence-electron chi connectivity index (χ4n) is 0.393. The molecule has 1 unspecified atom stereocenters. The Morgan fingerprint density at radius 2 is 2.50 bits per heavy atom. The Balaban J connectivity index is 3.50. The van der Waals surface area contributed by atoms with Gasteiger partial charge in [-0.3, -0.25) is 4.79 Å². The van der Waals surface area contributed by atoms with E-state index in [1.807, 2.05) is 0 Å². The van der Waals surface area contributed by atoms with Crippen LogP contribution in [0.3, 0.4) is 0 Å². The lowest BCUT2D eigenvalue weighted by Crippen LogP contribution is -2.02. The van der Waals surface area contributed by atoms with Crippen molar-refractivity contribution in [2.75, 3.05) is 0 Å². The molecule has 0 aliphatic carbocycles. The van der Waals surface area contributed by atoms with Crippen molar-refractivity contribution in [1.29, 1.82) is 0 Å². The molecule has 0 aliphatic heterocycles. The third kappa shape index (κ3) is 3.65. The number of hydrogen-bond acceptors (Lipinski definition) is 1. The van der Waals surface area contributed by atoms with Gasteiger partial charge in [0.25, 0.3) is 0 Å². The van der Waals surface area contributed by atoms with E-state index in [1.54, 1.807) is 13.8 Å². The van der Waals surface area contributed by atoms with Gasteiger partial charge in [0.2, 0.25) is 0 Å². The number of carboxylic acids is 1. The van der Waals surface area contributed by atoms with Crippen LogP contribution in [0.1, 0.15) is 28.0 Å². The number of rotatable bonds is 3. The summed E-state index contributed by atoms with van der Waals surface area (Å²) in [6, 6.07) is 0. The summed E-state index contributed by atoms with van der Waals surface area (Å²) in [6.45, 7) is 3.47. The molecule has 0 saturated heterocycles. The fraction of sp³-hybridized carbons (Fsp3) is 0.833. The molecule has 0 saturated carbocycles. The van der Waals surface area contributed by atoms with Crippen molar-refractivity contribution in [3.05, 3.63) is 0 Å².